The molecule has 0 saturated heterocycles. The fourth-order valence-corrected chi connectivity index (χ4v) is 1.33. The van der Waals surface area contributed by atoms with E-state index in [1.54, 1.807) is 0 Å². The monoisotopic (exact) mass is 278 g/mol. The van der Waals surface area contributed by atoms with Gasteiger partial charge in [-0.05, 0) is 18.2 Å². The maximum absolute atomic E-state index is 12.9. The normalized spacial score (nSPS) is 12.6. The second kappa shape index (κ2) is 4.10. The van der Waals surface area contributed by atoms with E-state index in [0.29, 0.717) is 12.1 Å². The molecule has 0 saturated carbocycles. The summed E-state index contributed by atoms with van der Waals surface area (Å²) in [7, 11) is -5.87. The first-order valence-corrected chi connectivity index (χ1v) is 5.38. The second-order valence-electron chi connectivity index (χ2n) is 2.56. The highest BCUT2D eigenvalue weighted by Crippen LogP contribution is 2.29. The molecule has 0 radical (unpaired) electrons. The first-order valence-electron chi connectivity index (χ1n) is 3.59. The van der Waals surface area contributed by atoms with Gasteiger partial charge < -0.3 is 4.18 Å². The summed E-state index contributed by atoms with van der Waals surface area (Å²) < 4.78 is 73.1. The van der Waals surface area contributed by atoms with Gasteiger partial charge in [0.05, 0.1) is 0 Å². The van der Waals surface area contributed by atoms with Crippen molar-refractivity contribution in [1.29, 1.82) is 0 Å². The largest absolute Gasteiger partial charge is 0.534 e. The summed E-state index contributed by atoms with van der Waals surface area (Å²) in [5.74, 6) is -2.37. The highest BCUT2D eigenvalue weighted by atomic mass is 35.5. The number of hydrogen-bond acceptors (Lipinski definition) is 3. The molecule has 9 heteroatoms. The predicted molar refractivity (Wildman–Crippen MR) is 47.0 cm³/mol. The average molecular weight is 279 g/mol. The predicted octanol–water partition coefficient (Wildman–Crippen LogP) is 2.71. The van der Waals surface area contributed by atoms with Gasteiger partial charge in [-0.1, -0.05) is 11.6 Å². The molecule has 0 atom stereocenters. The Morgan fingerprint density at radius 3 is 2.25 bits per heavy atom. The third-order valence-electron chi connectivity index (χ3n) is 1.38. The maximum atomic E-state index is 12.9. The van der Waals surface area contributed by atoms with E-state index >= 15 is 0 Å². The van der Waals surface area contributed by atoms with E-state index in [4.69, 9.17) is 11.6 Å². The van der Waals surface area contributed by atoms with Crippen molar-refractivity contribution in [2.24, 2.45) is 0 Å². The Morgan fingerprint density at radius 2 is 1.81 bits per heavy atom. The van der Waals surface area contributed by atoms with Crippen LogP contribution < -0.4 is 4.18 Å². The zero-order valence-corrected chi connectivity index (χ0v) is 8.83. The van der Waals surface area contributed by atoms with Gasteiger partial charge in [0, 0.05) is 5.02 Å². The van der Waals surface area contributed by atoms with Gasteiger partial charge in [0.25, 0.3) is 0 Å². The Kier molecular flexibility index (Phi) is 3.34. The fourth-order valence-electron chi connectivity index (χ4n) is 0.708. The van der Waals surface area contributed by atoms with Crippen LogP contribution >= 0.6 is 11.6 Å². The Bertz CT molecular complexity index is 497. The molecule has 0 aliphatic carbocycles. The molecule has 3 nitrogen and oxygen atoms in total. The molecule has 0 aliphatic rings. The van der Waals surface area contributed by atoms with Crippen molar-refractivity contribution in [3.63, 3.8) is 0 Å². The van der Waals surface area contributed by atoms with Crippen molar-refractivity contribution in [1.82, 2.24) is 0 Å². The molecule has 1 rings (SSSR count). The van der Waals surface area contributed by atoms with Gasteiger partial charge >= 0.3 is 15.6 Å². The van der Waals surface area contributed by atoms with Crippen LogP contribution in [0.1, 0.15) is 0 Å². The van der Waals surface area contributed by atoms with Crippen LogP contribution in [-0.2, 0) is 10.1 Å². The lowest BCUT2D eigenvalue weighted by atomic mass is 10.3. The zero-order valence-electron chi connectivity index (χ0n) is 7.25. The van der Waals surface area contributed by atoms with Crippen LogP contribution in [0.2, 0.25) is 5.02 Å². The van der Waals surface area contributed by atoms with E-state index in [9.17, 15) is 26.0 Å². The topological polar surface area (TPSA) is 43.4 Å². The molecule has 1 aromatic rings. The van der Waals surface area contributed by atoms with Crippen molar-refractivity contribution in [3.8, 4) is 5.75 Å². The standard InChI is InChI=1S/C7H3ClF4O3S/c8-4-1-2-6(5(9)3-4)15-16(13,14)7(10,11)12/h1-3H. The van der Waals surface area contributed by atoms with Crippen LogP contribution in [0.4, 0.5) is 17.6 Å². The van der Waals surface area contributed by atoms with Crippen LogP contribution in [0.25, 0.3) is 0 Å². The summed E-state index contributed by atoms with van der Waals surface area (Å²) in [6.07, 6.45) is 0. The first-order chi connectivity index (χ1) is 7.13. The van der Waals surface area contributed by atoms with Gasteiger partial charge in [0.15, 0.2) is 11.6 Å². The van der Waals surface area contributed by atoms with Crippen LogP contribution in [-0.4, -0.2) is 13.9 Å². The van der Waals surface area contributed by atoms with Gasteiger partial charge in [0.1, 0.15) is 0 Å². The first kappa shape index (κ1) is 13.0. The van der Waals surface area contributed by atoms with Gasteiger partial charge in [-0.15, -0.1) is 0 Å². The number of alkyl halides is 3. The quantitative estimate of drug-likeness (QED) is 0.475. The Morgan fingerprint density at radius 1 is 1.25 bits per heavy atom. The minimum absolute atomic E-state index is 0.103. The summed E-state index contributed by atoms with van der Waals surface area (Å²) >= 11 is 5.31. The molecular weight excluding hydrogens is 276 g/mol. The van der Waals surface area contributed by atoms with E-state index in [-0.39, 0.29) is 5.02 Å². The smallest absolute Gasteiger partial charge is 0.373 e. The lowest BCUT2D eigenvalue weighted by Gasteiger charge is -2.09. The van der Waals surface area contributed by atoms with Crippen LogP contribution in [0.15, 0.2) is 18.2 Å². The minimum atomic E-state index is -5.87. The lowest BCUT2D eigenvalue weighted by molar-refractivity contribution is -0.0500. The van der Waals surface area contributed by atoms with Gasteiger partial charge in [-0.25, -0.2) is 4.39 Å². The Balaban J connectivity index is 3.07. The molecule has 0 unspecified atom stereocenters. The molecule has 16 heavy (non-hydrogen) atoms. The Labute approximate surface area is 92.7 Å². The van der Waals surface area contributed by atoms with Crippen molar-refractivity contribution < 1.29 is 30.2 Å². The molecule has 90 valence electrons. The molecule has 0 fully saturated rings. The lowest BCUT2D eigenvalue weighted by Crippen LogP contribution is -2.28. The van der Waals surface area contributed by atoms with E-state index < -0.39 is 27.2 Å². The van der Waals surface area contributed by atoms with E-state index in [1.165, 1.54) is 0 Å². The third-order valence-corrected chi connectivity index (χ3v) is 2.58. The molecule has 1 aromatic carbocycles. The molecule has 0 amide bonds. The van der Waals surface area contributed by atoms with Gasteiger partial charge in [-0.3, -0.25) is 0 Å². The van der Waals surface area contributed by atoms with Crippen molar-refractivity contribution in [2.75, 3.05) is 0 Å². The number of hydrogen-bond donors (Lipinski definition) is 0. The van der Waals surface area contributed by atoms with E-state index in [0.717, 1.165) is 6.07 Å². The molecule has 0 N–H and O–H groups in total. The van der Waals surface area contributed by atoms with Crippen LogP contribution in [0.3, 0.4) is 0 Å². The fraction of sp³-hybridized carbons (Fsp3) is 0.143. The molecular formula is C7H3ClF4O3S. The highest BCUT2D eigenvalue weighted by Gasteiger charge is 2.48. The zero-order chi connectivity index (χ0) is 12.6. The summed E-state index contributed by atoms with van der Waals surface area (Å²) in [5, 5.41) is -0.103. The Hall–Kier alpha value is -1.02. The second-order valence-corrected chi connectivity index (χ2v) is 4.53. The van der Waals surface area contributed by atoms with Gasteiger partial charge in [0.2, 0.25) is 0 Å². The summed E-state index contributed by atoms with van der Waals surface area (Å²) in [4.78, 5) is 0. The van der Waals surface area contributed by atoms with E-state index in [2.05, 4.69) is 4.18 Å². The van der Waals surface area contributed by atoms with Crippen molar-refractivity contribution >= 4 is 21.7 Å². The average Bonchev–Trinajstić information content (AvgIpc) is 2.08. The molecule has 0 heterocycles. The molecule has 0 aliphatic heterocycles. The number of halogens is 5. The van der Waals surface area contributed by atoms with Crippen molar-refractivity contribution in [3.05, 3.63) is 29.0 Å². The van der Waals surface area contributed by atoms with E-state index in [1.807, 2.05) is 0 Å². The molecule has 0 aromatic heterocycles. The number of rotatable bonds is 2. The SMILES string of the molecule is O=S(=O)(Oc1ccc(Cl)cc1F)C(F)(F)F. The number of benzene rings is 1. The summed E-state index contributed by atoms with van der Waals surface area (Å²) in [5.41, 5.74) is -5.61. The third kappa shape index (κ3) is 2.76. The summed E-state index contributed by atoms with van der Waals surface area (Å²) in [6.45, 7) is 0. The molecule has 0 spiro atoms. The highest BCUT2D eigenvalue weighted by molar-refractivity contribution is 7.88. The van der Waals surface area contributed by atoms with Gasteiger partial charge in [-0.2, -0.15) is 21.6 Å². The van der Waals surface area contributed by atoms with Crippen LogP contribution in [0.5, 0.6) is 5.75 Å². The summed E-state index contributed by atoms with van der Waals surface area (Å²) in [6, 6.07) is 2.30. The van der Waals surface area contributed by atoms with Crippen LogP contribution in [0, 0.1) is 5.82 Å². The molecule has 0 bridgehead atoms. The minimum Gasteiger partial charge on any atom is -0.373 e. The van der Waals surface area contributed by atoms with Crippen molar-refractivity contribution in [2.45, 2.75) is 5.51 Å². The maximum Gasteiger partial charge on any atom is 0.534 e.